The van der Waals surface area contributed by atoms with Crippen LogP contribution in [0.3, 0.4) is 0 Å². The molecule has 3 rings (SSSR count). The maximum absolute atomic E-state index is 12.2. The number of benzene rings is 2. The number of aryl methyl sites for hydroxylation is 1. The summed E-state index contributed by atoms with van der Waals surface area (Å²) in [5, 5.41) is 10.5. The molecule has 6 nitrogen and oxygen atoms in total. The Morgan fingerprint density at radius 2 is 1.64 bits per heavy atom. The molecule has 0 bridgehead atoms. The van der Waals surface area contributed by atoms with E-state index < -0.39 is 0 Å². The quantitative estimate of drug-likeness (QED) is 0.663. The Labute approximate surface area is 166 Å². The maximum atomic E-state index is 12.2. The van der Waals surface area contributed by atoms with Crippen LogP contribution in [-0.4, -0.2) is 35.9 Å². The summed E-state index contributed by atoms with van der Waals surface area (Å²) in [5.74, 6) is 0. The van der Waals surface area contributed by atoms with Gasteiger partial charge in [-0.1, -0.05) is 36.4 Å². The lowest BCUT2D eigenvalue weighted by molar-refractivity contribution is 0.240. The van der Waals surface area contributed by atoms with Crippen molar-refractivity contribution in [2.24, 2.45) is 0 Å². The van der Waals surface area contributed by atoms with E-state index in [-0.39, 0.29) is 6.03 Å². The van der Waals surface area contributed by atoms with Gasteiger partial charge in [-0.05, 0) is 38.1 Å². The first-order valence-corrected chi connectivity index (χ1v) is 9.44. The van der Waals surface area contributed by atoms with Crippen LogP contribution in [0.4, 0.5) is 10.5 Å². The first-order valence-electron chi connectivity index (χ1n) is 9.44. The average Bonchev–Trinajstić information content (AvgIpc) is 3.01. The molecular weight excluding hydrogens is 350 g/mol. The standard InChI is InChI=1S/C22H27N5O/c1-17-21(18(2)27(25-17)20-12-8-5-9-13-20)16-24-22(28)23-14-15-26(3)19-10-6-4-7-11-19/h4-13H,14-16H2,1-3H3,(H2,23,24,28). The van der Waals surface area contributed by atoms with Gasteiger partial charge in [0.1, 0.15) is 0 Å². The van der Waals surface area contributed by atoms with Gasteiger partial charge < -0.3 is 15.5 Å². The minimum atomic E-state index is -0.173. The van der Waals surface area contributed by atoms with Crippen LogP contribution in [-0.2, 0) is 6.54 Å². The minimum Gasteiger partial charge on any atom is -0.373 e. The summed E-state index contributed by atoms with van der Waals surface area (Å²) < 4.78 is 1.92. The first kappa shape index (κ1) is 19.5. The van der Waals surface area contributed by atoms with E-state index in [1.807, 2.05) is 74.1 Å². The van der Waals surface area contributed by atoms with Gasteiger partial charge in [0, 0.05) is 43.6 Å². The third-order valence-corrected chi connectivity index (χ3v) is 4.80. The molecule has 2 N–H and O–H groups in total. The van der Waals surface area contributed by atoms with Crippen LogP contribution < -0.4 is 15.5 Å². The van der Waals surface area contributed by atoms with Crippen molar-refractivity contribution in [3.63, 3.8) is 0 Å². The Morgan fingerprint density at radius 3 is 2.32 bits per heavy atom. The summed E-state index contributed by atoms with van der Waals surface area (Å²) in [6, 6.07) is 19.9. The van der Waals surface area contributed by atoms with E-state index in [9.17, 15) is 4.79 Å². The molecule has 0 saturated carbocycles. The zero-order valence-electron chi connectivity index (χ0n) is 16.6. The number of amides is 2. The van der Waals surface area contributed by atoms with E-state index in [0.717, 1.165) is 34.9 Å². The lowest BCUT2D eigenvalue weighted by atomic mass is 10.2. The van der Waals surface area contributed by atoms with Crippen molar-refractivity contribution in [2.45, 2.75) is 20.4 Å². The Bertz CT molecular complexity index is 905. The number of nitrogens with zero attached hydrogens (tertiary/aromatic N) is 3. The Balaban J connectivity index is 1.50. The molecule has 0 saturated heterocycles. The van der Waals surface area contributed by atoms with Crippen molar-refractivity contribution in [1.82, 2.24) is 20.4 Å². The van der Waals surface area contributed by atoms with Crippen LogP contribution in [0.25, 0.3) is 5.69 Å². The fraction of sp³-hybridized carbons (Fsp3) is 0.273. The van der Waals surface area contributed by atoms with Gasteiger partial charge in [-0.15, -0.1) is 0 Å². The minimum absolute atomic E-state index is 0.173. The monoisotopic (exact) mass is 377 g/mol. The van der Waals surface area contributed by atoms with E-state index in [4.69, 9.17) is 0 Å². The highest BCUT2D eigenvalue weighted by molar-refractivity contribution is 5.73. The van der Waals surface area contributed by atoms with Crippen molar-refractivity contribution >= 4 is 11.7 Å². The summed E-state index contributed by atoms with van der Waals surface area (Å²) in [7, 11) is 2.01. The number of likely N-dealkylation sites (N-methyl/N-ethyl adjacent to an activating group) is 1. The van der Waals surface area contributed by atoms with Gasteiger partial charge in [0.25, 0.3) is 0 Å². The molecule has 0 radical (unpaired) electrons. The van der Waals surface area contributed by atoms with Crippen LogP contribution in [0.1, 0.15) is 17.0 Å². The van der Waals surface area contributed by atoms with E-state index in [0.29, 0.717) is 13.1 Å². The Kier molecular flexibility index (Phi) is 6.32. The predicted molar refractivity (Wildman–Crippen MR) is 113 cm³/mol. The highest BCUT2D eigenvalue weighted by Crippen LogP contribution is 2.17. The fourth-order valence-corrected chi connectivity index (χ4v) is 3.13. The molecule has 2 amide bonds. The molecule has 0 unspecified atom stereocenters. The van der Waals surface area contributed by atoms with Crippen molar-refractivity contribution in [3.05, 3.63) is 77.6 Å². The van der Waals surface area contributed by atoms with Gasteiger partial charge in [-0.2, -0.15) is 5.10 Å². The second-order valence-electron chi connectivity index (χ2n) is 6.76. The molecule has 146 valence electrons. The van der Waals surface area contributed by atoms with Crippen molar-refractivity contribution in [3.8, 4) is 5.69 Å². The zero-order chi connectivity index (χ0) is 19.9. The molecular formula is C22H27N5O. The molecule has 0 aliphatic heterocycles. The molecule has 2 aromatic carbocycles. The lowest BCUT2D eigenvalue weighted by Gasteiger charge is -2.19. The molecule has 1 heterocycles. The van der Waals surface area contributed by atoms with Crippen molar-refractivity contribution < 1.29 is 4.79 Å². The number of rotatable bonds is 7. The van der Waals surface area contributed by atoms with E-state index in [1.54, 1.807) is 0 Å². The van der Waals surface area contributed by atoms with Gasteiger partial charge in [0.05, 0.1) is 11.4 Å². The summed E-state index contributed by atoms with van der Waals surface area (Å²) >= 11 is 0. The number of aromatic nitrogens is 2. The second kappa shape index (κ2) is 9.08. The Hall–Kier alpha value is -3.28. The van der Waals surface area contributed by atoms with Gasteiger partial charge in [-0.25, -0.2) is 9.48 Å². The second-order valence-corrected chi connectivity index (χ2v) is 6.76. The normalized spacial score (nSPS) is 10.5. The number of carbonyl (C=O) groups excluding carboxylic acids is 1. The summed E-state index contributed by atoms with van der Waals surface area (Å²) in [6.45, 7) is 5.75. The molecule has 6 heteroatoms. The number of anilines is 1. The molecule has 28 heavy (non-hydrogen) atoms. The summed E-state index contributed by atoms with van der Waals surface area (Å²) in [4.78, 5) is 14.3. The van der Waals surface area contributed by atoms with E-state index in [1.165, 1.54) is 0 Å². The lowest BCUT2D eigenvalue weighted by Crippen LogP contribution is -2.39. The number of nitrogens with one attached hydrogen (secondary N) is 2. The summed E-state index contributed by atoms with van der Waals surface area (Å²) in [6.07, 6.45) is 0. The molecule has 0 atom stereocenters. The van der Waals surface area contributed by atoms with Crippen LogP contribution in [0.5, 0.6) is 0 Å². The molecule has 0 aliphatic carbocycles. The van der Waals surface area contributed by atoms with Gasteiger partial charge in [0.2, 0.25) is 0 Å². The molecule has 0 spiro atoms. The van der Waals surface area contributed by atoms with Gasteiger partial charge in [0.15, 0.2) is 0 Å². The molecule has 0 aliphatic rings. The van der Waals surface area contributed by atoms with Crippen molar-refractivity contribution in [2.75, 3.05) is 25.0 Å². The van der Waals surface area contributed by atoms with Gasteiger partial charge in [-0.3, -0.25) is 0 Å². The molecule has 3 aromatic rings. The first-order chi connectivity index (χ1) is 13.6. The number of para-hydroxylation sites is 2. The largest absolute Gasteiger partial charge is 0.373 e. The smallest absolute Gasteiger partial charge is 0.315 e. The topological polar surface area (TPSA) is 62.2 Å². The third-order valence-electron chi connectivity index (χ3n) is 4.80. The molecule has 0 fully saturated rings. The van der Waals surface area contributed by atoms with Crippen molar-refractivity contribution in [1.29, 1.82) is 0 Å². The van der Waals surface area contributed by atoms with E-state index >= 15 is 0 Å². The zero-order valence-corrected chi connectivity index (χ0v) is 16.6. The predicted octanol–water partition coefficient (Wildman–Crippen LogP) is 3.42. The van der Waals surface area contributed by atoms with E-state index in [2.05, 4.69) is 32.8 Å². The van der Waals surface area contributed by atoms with Crippen LogP contribution in [0.2, 0.25) is 0 Å². The fourth-order valence-electron chi connectivity index (χ4n) is 3.13. The highest BCUT2D eigenvalue weighted by atomic mass is 16.2. The Morgan fingerprint density at radius 1 is 1.00 bits per heavy atom. The maximum Gasteiger partial charge on any atom is 0.315 e. The number of hydrogen-bond donors (Lipinski definition) is 2. The average molecular weight is 377 g/mol. The number of urea groups is 1. The number of carbonyl (C=O) groups is 1. The van der Waals surface area contributed by atoms with Crippen LogP contribution in [0.15, 0.2) is 60.7 Å². The summed E-state index contributed by atoms with van der Waals surface area (Å²) in [5.41, 5.74) is 5.14. The van der Waals surface area contributed by atoms with Crippen LogP contribution >= 0.6 is 0 Å². The highest BCUT2D eigenvalue weighted by Gasteiger charge is 2.13. The van der Waals surface area contributed by atoms with Crippen LogP contribution in [0, 0.1) is 13.8 Å². The van der Waals surface area contributed by atoms with Gasteiger partial charge >= 0.3 is 6.03 Å². The SMILES string of the molecule is Cc1nn(-c2ccccc2)c(C)c1CNC(=O)NCCN(C)c1ccccc1. The third kappa shape index (κ3) is 4.71. The molecule has 1 aromatic heterocycles. The number of hydrogen-bond acceptors (Lipinski definition) is 3.